The van der Waals surface area contributed by atoms with Crippen molar-refractivity contribution in [1.82, 2.24) is 15.0 Å². The highest BCUT2D eigenvalue weighted by Gasteiger charge is 2.36. The maximum atomic E-state index is 12.8. The first-order chi connectivity index (χ1) is 13.7. The van der Waals surface area contributed by atoms with Crippen LogP contribution in [0.25, 0.3) is 11.4 Å². The second-order valence-corrected chi connectivity index (χ2v) is 7.80. The zero-order chi connectivity index (χ0) is 19.5. The Labute approximate surface area is 167 Å². The number of carbonyl (C=O) groups is 1. The number of amides is 1. The summed E-state index contributed by atoms with van der Waals surface area (Å²) in [5.74, 6) is 2.80. The molecule has 2 aromatic carbocycles. The Kier molecular flexibility index (Phi) is 5.34. The molecule has 3 aromatic rings. The van der Waals surface area contributed by atoms with Crippen molar-refractivity contribution in [2.45, 2.75) is 17.7 Å². The molecule has 28 heavy (non-hydrogen) atoms. The molecule has 1 fully saturated rings. The minimum Gasteiger partial charge on any atom is -0.496 e. The van der Waals surface area contributed by atoms with Gasteiger partial charge in [0, 0.05) is 18.0 Å². The summed E-state index contributed by atoms with van der Waals surface area (Å²) in [6.07, 6.45) is 0. The van der Waals surface area contributed by atoms with Crippen molar-refractivity contribution in [2.75, 3.05) is 26.0 Å². The van der Waals surface area contributed by atoms with E-state index in [9.17, 15) is 4.79 Å². The number of carbonyl (C=O) groups excluding carboxylic acids is 1. The quantitative estimate of drug-likeness (QED) is 0.586. The zero-order valence-corrected chi connectivity index (χ0v) is 16.6. The Morgan fingerprint density at radius 1 is 1.21 bits per heavy atom. The highest BCUT2D eigenvalue weighted by atomic mass is 32.2. The summed E-state index contributed by atoms with van der Waals surface area (Å²) >= 11 is 1.68. The van der Waals surface area contributed by atoms with Crippen molar-refractivity contribution in [1.29, 1.82) is 0 Å². The fourth-order valence-corrected chi connectivity index (χ4v) is 4.03. The second-order valence-electron chi connectivity index (χ2n) is 6.49. The Morgan fingerprint density at radius 3 is 2.75 bits per heavy atom. The highest BCUT2D eigenvalue weighted by molar-refractivity contribution is 7.99. The van der Waals surface area contributed by atoms with E-state index >= 15 is 0 Å². The third-order valence-electron chi connectivity index (χ3n) is 4.72. The number of thioether (sulfide) groups is 1. The van der Waals surface area contributed by atoms with Crippen molar-refractivity contribution in [2.24, 2.45) is 0 Å². The number of benzene rings is 2. The largest absolute Gasteiger partial charge is 0.496 e. The maximum Gasteiger partial charge on any atom is 0.255 e. The monoisotopic (exact) mass is 395 g/mol. The molecular formula is C21H21N3O3S. The maximum absolute atomic E-state index is 12.8. The molecule has 0 N–H and O–H groups in total. The van der Waals surface area contributed by atoms with Crippen LogP contribution in [-0.2, 0) is 0 Å². The first-order valence-corrected chi connectivity index (χ1v) is 10.2. The topological polar surface area (TPSA) is 68.5 Å². The third-order valence-corrected chi connectivity index (χ3v) is 5.68. The standard InChI is InChI=1S/C21H21N3O3S/c1-3-28-18-11-7-5-9-16(18)21(25)24-12-14(13-24)20-22-19(23-27-20)15-8-4-6-10-17(15)26-2/h4-11,14H,3,12-13H2,1-2H3. The van der Waals surface area contributed by atoms with Gasteiger partial charge in [-0.25, -0.2) is 0 Å². The average molecular weight is 395 g/mol. The molecule has 4 rings (SSSR count). The molecule has 0 spiro atoms. The molecule has 7 heteroatoms. The molecule has 0 unspecified atom stereocenters. The number of likely N-dealkylation sites (tertiary alicyclic amines) is 1. The van der Waals surface area contributed by atoms with Crippen LogP contribution in [0, 0.1) is 0 Å². The lowest BCUT2D eigenvalue weighted by atomic mass is 9.98. The van der Waals surface area contributed by atoms with Crippen LogP contribution in [0.4, 0.5) is 0 Å². The zero-order valence-electron chi connectivity index (χ0n) is 15.8. The van der Waals surface area contributed by atoms with E-state index in [2.05, 4.69) is 17.1 Å². The Morgan fingerprint density at radius 2 is 1.96 bits per heavy atom. The van der Waals surface area contributed by atoms with Crippen molar-refractivity contribution in [3.05, 3.63) is 60.0 Å². The van der Waals surface area contributed by atoms with Crippen LogP contribution < -0.4 is 4.74 Å². The number of hydrogen-bond donors (Lipinski definition) is 0. The molecule has 1 aliphatic heterocycles. The van der Waals surface area contributed by atoms with Crippen LogP contribution in [0.5, 0.6) is 5.75 Å². The summed E-state index contributed by atoms with van der Waals surface area (Å²) in [6, 6.07) is 15.3. The minimum absolute atomic E-state index is 0.0530. The van der Waals surface area contributed by atoms with E-state index in [1.54, 1.807) is 18.9 Å². The van der Waals surface area contributed by atoms with Gasteiger partial charge in [-0.1, -0.05) is 36.3 Å². The molecule has 1 amide bonds. The molecule has 1 aliphatic rings. The number of methoxy groups -OCH3 is 1. The molecule has 0 aliphatic carbocycles. The number of para-hydroxylation sites is 1. The van der Waals surface area contributed by atoms with E-state index in [4.69, 9.17) is 9.26 Å². The fraction of sp³-hybridized carbons (Fsp3) is 0.286. The van der Waals surface area contributed by atoms with Crippen molar-refractivity contribution in [3.63, 3.8) is 0 Å². The van der Waals surface area contributed by atoms with E-state index in [0.29, 0.717) is 30.6 Å². The molecule has 6 nitrogen and oxygen atoms in total. The predicted molar refractivity (Wildman–Crippen MR) is 108 cm³/mol. The molecular weight excluding hydrogens is 374 g/mol. The van der Waals surface area contributed by atoms with Crippen molar-refractivity contribution >= 4 is 17.7 Å². The lowest BCUT2D eigenvalue weighted by Crippen LogP contribution is -2.48. The number of ether oxygens (including phenoxy) is 1. The van der Waals surface area contributed by atoms with E-state index in [-0.39, 0.29) is 11.8 Å². The van der Waals surface area contributed by atoms with Crippen LogP contribution in [0.1, 0.15) is 29.1 Å². The molecule has 0 bridgehead atoms. The summed E-state index contributed by atoms with van der Waals surface area (Å²) in [4.78, 5) is 20.2. The van der Waals surface area contributed by atoms with Crippen molar-refractivity contribution in [3.8, 4) is 17.1 Å². The summed E-state index contributed by atoms with van der Waals surface area (Å²) in [6.45, 7) is 3.25. The van der Waals surface area contributed by atoms with E-state index in [1.807, 2.05) is 53.4 Å². The molecule has 0 saturated carbocycles. The SMILES string of the molecule is CCSc1ccccc1C(=O)N1CC(c2nc(-c3ccccc3OC)no2)C1. The van der Waals surface area contributed by atoms with Crippen LogP contribution in [-0.4, -0.2) is 46.9 Å². The fourth-order valence-electron chi connectivity index (χ4n) is 3.24. The van der Waals surface area contributed by atoms with E-state index < -0.39 is 0 Å². The first-order valence-electron chi connectivity index (χ1n) is 9.19. The summed E-state index contributed by atoms with van der Waals surface area (Å²) in [5, 5.41) is 4.09. The highest BCUT2D eigenvalue weighted by Crippen LogP contribution is 2.33. The molecule has 1 saturated heterocycles. The Bertz CT molecular complexity index is 982. The summed E-state index contributed by atoms with van der Waals surface area (Å²) in [5.41, 5.74) is 1.55. The minimum atomic E-state index is 0.0530. The summed E-state index contributed by atoms with van der Waals surface area (Å²) < 4.78 is 10.8. The molecule has 0 radical (unpaired) electrons. The number of rotatable bonds is 6. The van der Waals surface area contributed by atoms with Crippen LogP contribution in [0.2, 0.25) is 0 Å². The average Bonchev–Trinajstić information content (AvgIpc) is 3.17. The molecule has 144 valence electrons. The van der Waals surface area contributed by atoms with Crippen LogP contribution in [0.15, 0.2) is 57.9 Å². The van der Waals surface area contributed by atoms with Crippen LogP contribution >= 0.6 is 11.8 Å². The Balaban J connectivity index is 1.45. The van der Waals surface area contributed by atoms with Gasteiger partial charge in [0.05, 0.1) is 24.2 Å². The lowest BCUT2D eigenvalue weighted by molar-refractivity contribution is 0.0565. The van der Waals surface area contributed by atoms with Gasteiger partial charge in [-0.05, 0) is 30.0 Å². The van der Waals surface area contributed by atoms with Gasteiger partial charge in [0.2, 0.25) is 11.7 Å². The van der Waals surface area contributed by atoms with Gasteiger partial charge in [-0.15, -0.1) is 11.8 Å². The van der Waals surface area contributed by atoms with Gasteiger partial charge in [0.15, 0.2) is 0 Å². The van der Waals surface area contributed by atoms with Gasteiger partial charge in [-0.2, -0.15) is 4.98 Å². The van der Waals surface area contributed by atoms with Gasteiger partial charge < -0.3 is 14.2 Å². The first kappa shape index (κ1) is 18.6. The van der Waals surface area contributed by atoms with E-state index in [1.165, 1.54) is 0 Å². The normalized spacial score (nSPS) is 14.0. The Hall–Kier alpha value is -2.80. The molecule has 1 aromatic heterocycles. The number of aromatic nitrogens is 2. The number of nitrogens with zero attached hydrogens (tertiary/aromatic N) is 3. The van der Waals surface area contributed by atoms with Gasteiger partial charge in [0.25, 0.3) is 5.91 Å². The van der Waals surface area contributed by atoms with Crippen molar-refractivity contribution < 1.29 is 14.1 Å². The third kappa shape index (κ3) is 3.49. The van der Waals surface area contributed by atoms with Gasteiger partial charge in [-0.3, -0.25) is 4.79 Å². The van der Waals surface area contributed by atoms with Gasteiger partial charge in [0.1, 0.15) is 5.75 Å². The smallest absolute Gasteiger partial charge is 0.255 e. The predicted octanol–water partition coefficient (Wildman–Crippen LogP) is 4.10. The van der Waals surface area contributed by atoms with Gasteiger partial charge >= 0.3 is 0 Å². The lowest BCUT2D eigenvalue weighted by Gasteiger charge is -2.37. The molecule has 0 atom stereocenters. The second kappa shape index (κ2) is 8.06. The van der Waals surface area contributed by atoms with E-state index in [0.717, 1.165) is 21.8 Å². The van der Waals surface area contributed by atoms with Crippen LogP contribution in [0.3, 0.4) is 0 Å². The molecule has 2 heterocycles. The number of hydrogen-bond acceptors (Lipinski definition) is 6. The summed E-state index contributed by atoms with van der Waals surface area (Å²) in [7, 11) is 1.61.